The van der Waals surface area contributed by atoms with Gasteiger partial charge in [0.1, 0.15) is 5.82 Å². The van der Waals surface area contributed by atoms with Crippen LogP contribution in [0, 0.1) is 5.82 Å². The molecular weight excluding hydrogens is 219 g/mol. The van der Waals surface area contributed by atoms with Gasteiger partial charge in [0.15, 0.2) is 0 Å². The first kappa shape index (κ1) is 11.1. The van der Waals surface area contributed by atoms with Crippen LogP contribution in [-0.4, -0.2) is 4.98 Å². The fourth-order valence-electron chi connectivity index (χ4n) is 1.49. The molecule has 1 aromatic heterocycles. The predicted octanol–water partition coefficient (Wildman–Crippen LogP) is 3.70. The van der Waals surface area contributed by atoms with Crippen LogP contribution in [0.5, 0.6) is 0 Å². The molecule has 0 aliphatic rings. The lowest BCUT2D eigenvalue weighted by Crippen LogP contribution is -1.88. The van der Waals surface area contributed by atoms with Gasteiger partial charge in [-0.2, -0.15) is 0 Å². The highest BCUT2D eigenvalue weighted by atomic mass is 19.1. The Kier molecular flexibility index (Phi) is 3.33. The number of aromatic nitrogens is 1. The van der Waals surface area contributed by atoms with E-state index in [1.807, 2.05) is 12.1 Å². The van der Waals surface area contributed by atoms with Crippen molar-refractivity contribution in [1.82, 2.24) is 4.98 Å². The maximum absolute atomic E-state index is 12.8. The molecule has 5 heteroatoms. The van der Waals surface area contributed by atoms with E-state index in [-0.39, 0.29) is 12.4 Å². The highest BCUT2D eigenvalue weighted by molar-refractivity contribution is 5.63. The Balaban J connectivity index is 2.32. The molecule has 0 aliphatic heterocycles. The lowest BCUT2D eigenvalue weighted by Gasteiger charge is -2.03. The number of halogens is 1. The van der Waals surface area contributed by atoms with Crippen LogP contribution in [-0.2, 0) is 6.54 Å². The van der Waals surface area contributed by atoms with E-state index in [4.69, 9.17) is 5.53 Å². The Morgan fingerprint density at radius 1 is 1.18 bits per heavy atom. The first-order valence-electron chi connectivity index (χ1n) is 5.01. The second-order valence-corrected chi connectivity index (χ2v) is 3.43. The van der Waals surface area contributed by atoms with E-state index in [9.17, 15) is 4.39 Å². The van der Waals surface area contributed by atoms with Crippen molar-refractivity contribution in [2.75, 3.05) is 0 Å². The number of hydrogen-bond donors (Lipinski definition) is 0. The van der Waals surface area contributed by atoms with Crippen LogP contribution >= 0.6 is 0 Å². The van der Waals surface area contributed by atoms with E-state index in [0.29, 0.717) is 5.69 Å². The molecule has 1 aromatic carbocycles. The summed E-state index contributed by atoms with van der Waals surface area (Å²) in [5.74, 6) is -0.267. The van der Waals surface area contributed by atoms with Crippen LogP contribution in [0.15, 0.2) is 47.7 Å². The minimum Gasteiger partial charge on any atom is -0.261 e. The third kappa shape index (κ3) is 2.80. The van der Waals surface area contributed by atoms with E-state index >= 15 is 0 Å². The van der Waals surface area contributed by atoms with Gasteiger partial charge in [0.2, 0.25) is 0 Å². The van der Waals surface area contributed by atoms with Crippen molar-refractivity contribution in [2.24, 2.45) is 5.11 Å². The second-order valence-electron chi connectivity index (χ2n) is 3.43. The Hall–Kier alpha value is -2.39. The summed E-state index contributed by atoms with van der Waals surface area (Å²) in [7, 11) is 0. The second kappa shape index (κ2) is 5.09. The molecule has 1 heterocycles. The molecule has 0 bridgehead atoms. The van der Waals surface area contributed by atoms with Crippen LogP contribution in [0.25, 0.3) is 21.6 Å². The zero-order valence-electron chi connectivity index (χ0n) is 8.92. The molecule has 0 spiro atoms. The molecule has 2 aromatic rings. The van der Waals surface area contributed by atoms with Crippen molar-refractivity contribution in [3.05, 3.63) is 64.5 Å². The molecule has 0 radical (unpaired) electrons. The Labute approximate surface area is 97.4 Å². The molecular formula is C12H9FN4. The number of pyridine rings is 1. The van der Waals surface area contributed by atoms with Crippen molar-refractivity contribution in [3.8, 4) is 11.1 Å². The molecule has 0 saturated carbocycles. The average molecular weight is 228 g/mol. The highest BCUT2D eigenvalue weighted by Crippen LogP contribution is 2.19. The first-order chi connectivity index (χ1) is 8.29. The van der Waals surface area contributed by atoms with E-state index in [1.54, 1.807) is 18.3 Å². The van der Waals surface area contributed by atoms with Gasteiger partial charge in [-0.05, 0) is 40.9 Å². The molecule has 0 N–H and O–H groups in total. The fourth-order valence-corrected chi connectivity index (χ4v) is 1.49. The first-order valence-corrected chi connectivity index (χ1v) is 5.01. The normalized spacial score (nSPS) is 9.71. The average Bonchev–Trinajstić information content (AvgIpc) is 2.37. The van der Waals surface area contributed by atoms with Crippen molar-refractivity contribution in [1.29, 1.82) is 0 Å². The van der Waals surface area contributed by atoms with Crippen LogP contribution in [0.3, 0.4) is 0 Å². The van der Waals surface area contributed by atoms with Gasteiger partial charge in [-0.15, -0.1) is 0 Å². The zero-order valence-corrected chi connectivity index (χ0v) is 8.92. The number of benzene rings is 1. The number of hydrogen-bond acceptors (Lipinski definition) is 2. The topological polar surface area (TPSA) is 61.7 Å². The number of azide groups is 1. The molecule has 0 atom stereocenters. The van der Waals surface area contributed by atoms with Gasteiger partial charge < -0.3 is 0 Å². The summed E-state index contributed by atoms with van der Waals surface area (Å²) in [5.41, 5.74) is 10.7. The predicted molar refractivity (Wildman–Crippen MR) is 62.5 cm³/mol. The van der Waals surface area contributed by atoms with Gasteiger partial charge in [-0.1, -0.05) is 17.2 Å². The van der Waals surface area contributed by atoms with Gasteiger partial charge in [-0.25, -0.2) is 4.39 Å². The molecule has 0 amide bonds. The number of rotatable bonds is 3. The van der Waals surface area contributed by atoms with Crippen molar-refractivity contribution >= 4 is 0 Å². The molecule has 0 fully saturated rings. The summed E-state index contributed by atoms with van der Waals surface area (Å²) < 4.78 is 12.8. The molecule has 0 saturated heterocycles. The molecule has 4 nitrogen and oxygen atoms in total. The van der Waals surface area contributed by atoms with Crippen LogP contribution < -0.4 is 0 Å². The summed E-state index contributed by atoms with van der Waals surface area (Å²) >= 11 is 0. The summed E-state index contributed by atoms with van der Waals surface area (Å²) in [6.45, 7) is 0.214. The van der Waals surface area contributed by atoms with E-state index in [1.165, 1.54) is 12.1 Å². The van der Waals surface area contributed by atoms with Gasteiger partial charge in [0, 0.05) is 16.8 Å². The lowest BCUT2D eigenvalue weighted by atomic mass is 10.1. The Bertz CT molecular complexity index is 559. The summed E-state index contributed by atoms with van der Waals surface area (Å²) in [6, 6.07) is 9.85. The highest BCUT2D eigenvalue weighted by Gasteiger charge is 2.00. The smallest absolute Gasteiger partial charge is 0.123 e. The summed E-state index contributed by atoms with van der Waals surface area (Å²) in [5, 5.41) is 3.45. The minimum atomic E-state index is -0.267. The largest absolute Gasteiger partial charge is 0.261 e. The molecule has 2 rings (SSSR count). The number of nitrogens with zero attached hydrogens (tertiary/aromatic N) is 4. The van der Waals surface area contributed by atoms with Gasteiger partial charge >= 0.3 is 0 Å². The van der Waals surface area contributed by atoms with Gasteiger partial charge in [0.25, 0.3) is 0 Å². The van der Waals surface area contributed by atoms with Crippen molar-refractivity contribution < 1.29 is 4.39 Å². The molecule has 84 valence electrons. The molecule has 17 heavy (non-hydrogen) atoms. The maximum atomic E-state index is 12.8. The van der Waals surface area contributed by atoms with E-state index in [0.717, 1.165) is 11.1 Å². The third-order valence-corrected chi connectivity index (χ3v) is 2.29. The zero-order chi connectivity index (χ0) is 12.1. The van der Waals surface area contributed by atoms with Crippen molar-refractivity contribution in [2.45, 2.75) is 6.54 Å². The summed E-state index contributed by atoms with van der Waals surface area (Å²) in [6.07, 6.45) is 1.64. The standard InChI is InChI=1S/C12H9FN4/c13-11-3-1-9(2-4-11)10-5-6-15-12(7-10)8-16-17-14/h1-7H,8H2. The minimum absolute atomic E-state index is 0.214. The third-order valence-electron chi connectivity index (χ3n) is 2.29. The van der Waals surface area contributed by atoms with Gasteiger partial charge in [-0.3, -0.25) is 4.98 Å². The fraction of sp³-hybridized carbons (Fsp3) is 0.0833. The maximum Gasteiger partial charge on any atom is 0.123 e. The van der Waals surface area contributed by atoms with Crippen molar-refractivity contribution in [3.63, 3.8) is 0 Å². The Morgan fingerprint density at radius 3 is 2.65 bits per heavy atom. The van der Waals surface area contributed by atoms with Crippen LogP contribution in [0.2, 0.25) is 0 Å². The molecule has 0 aliphatic carbocycles. The summed E-state index contributed by atoms with van der Waals surface area (Å²) in [4.78, 5) is 6.76. The quantitative estimate of drug-likeness (QED) is 0.448. The van der Waals surface area contributed by atoms with E-state index < -0.39 is 0 Å². The SMILES string of the molecule is [N-]=[N+]=NCc1cc(-c2ccc(F)cc2)ccn1. The van der Waals surface area contributed by atoms with Gasteiger partial charge in [0.05, 0.1) is 6.54 Å². The molecule has 0 unspecified atom stereocenters. The lowest BCUT2D eigenvalue weighted by molar-refractivity contribution is 0.628. The van der Waals surface area contributed by atoms with E-state index in [2.05, 4.69) is 15.0 Å². The Morgan fingerprint density at radius 2 is 1.94 bits per heavy atom. The van der Waals surface area contributed by atoms with Crippen LogP contribution in [0.1, 0.15) is 5.69 Å². The van der Waals surface area contributed by atoms with Crippen LogP contribution in [0.4, 0.5) is 4.39 Å². The monoisotopic (exact) mass is 228 g/mol.